The molecule has 1 N–H and O–H groups in total. The van der Waals surface area contributed by atoms with E-state index < -0.39 is 6.10 Å². The Balaban J connectivity index is 1.97. The molecule has 0 spiro atoms. The number of aliphatic hydroxyl groups is 1. The molecule has 0 amide bonds. The van der Waals surface area contributed by atoms with E-state index in [0.29, 0.717) is 6.61 Å². The molecule has 1 aliphatic carbocycles. The van der Waals surface area contributed by atoms with Gasteiger partial charge in [-0.25, -0.2) is 0 Å². The second-order valence-electron chi connectivity index (χ2n) is 5.13. The third-order valence-corrected chi connectivity index (χ3v) is 3.43. The molecule has 1 atom stereocenters. The molecule has 0 radical (unpaired) electrons. The summed E-state index contributed by atoms with van der Waals surface area (Å²) in [6.07, 6.45) is 11.7. The van der Waals surface area contributed by atoms with E-state index in [-0.39, 0.29) is 0 Å². The fraction of sp³-hybridized carbons (Fsp3) is 0.562. The number of allylic oxidation sites excluding steroid dienone is 1. The van der Waals surface area contributed by atoms with Gasteiger partial charge in [-0.15, -0.1) is 0 Å². The van der Waals surface area contributed by atoms with Crippen LogP contribution in [0.25, 0.3) is 0 Å². The Morgan fingerprint density at radius 2 is 2.26 bits per heavy atom. The number of pyridine rings is 1. The molecule has 0 aromatic carbocycles. The van der Waals surface area contributed by atoms with Crippen molar-refractivity contribution >= 4 is 0 Å². The highest BCUT2D eigenvalue weighted by Gasteiger charge is 2.13. The molecule has 0 bridgehead atoms. The Kier molecular flexibility index (Phi) is 5.40. The zero-order chi connectivity index (χ0) is 13.5. The molecule has 2 rings (SSSR count). The molecule has 0 saturated carbocycles. The van der Waals surface area contributed by atoms with Crippen molar-refractivity contribution in [3.8, 4) is 5.75 Å². The van der Waals surface area contributed by atoms with Crippen LogP contribution in [0.3, 0.4) is 0 Å². The molecule has 0 aliphatic heterocycles. The van der Waals surface area contributed by atoms with E-state index in [1.807, 2.05) is 6.07 Å². The lowest BCUT2D eigenvalue weighted by atomic mass is 9.93. The van der Waals surface area contributed by atoms with Gasteiger partial charge < -0.3 is 9.84 Å². The van der Waals surface area contributed by atoms with Crippen molar-refractivity contribution in [1.82, 2.24) is 4.98 Å². The molecule has 0 fully saturated rings. The minimum Gasteiger partial charge on any atom is -0.492 e. The summed E-state index contributed by atoms with van der Waals surface area (Å²) in [4.78, 5) is 4.15. The van der Waals surface area contributed by atoms with Gasteiger partial charge in [0.2, 0.25) is 0 Å². The van der Waals surface area contributed by atoms with E-state index in [0.717, 1.165) is 37.0 Å². The highest BCUT2D eigenvalue weighted by molar-refractivity contribution is 5.26. The van der Waals surface area contributed by atoms with E-state index in [1.165, 1.54) is 18.4 Å². The van der Waals surface area contributed by atoms with Gasteiger partial charge in [0.15, 0.2) is 0 Å². The van der Waals surface area contributed by atoms with Crippen molar-refractivity contribution in [2.75, 3.05) is 6.61 Å². The van der Waals surface area contributed by atoms with Crippen LogP contribution in [0, 0.1) is 0 Å². The largest absolute Gasteiger partial charge is 0.492 e. The first-order valence-electron chi connectivity index (χ1n) is 7.23. The predicted octanol–water partition coefficient (Wildman–Crippen LogP) is 3.79. The summed E-state index contributed by atoms with van der Waals surface area (Å²) in [5, 5.41) is 10.3. The summed E-state index contributed by atoms with van der Waals surface area (Å²) in [5.74, 6) is 0.746. The highest BCUT2D eigenvalue weighted by atomic mass is 16.5. The van der Waals surface area contributed by atoms with Gasteiger partial charge in [0.1, 0.15) is 5.75 Å². The van der Waals surface area contributed by atoms with E-state index in [4.69, 9.17) is 4.74 Å². The highest BCUT2D eigenvalue weighted by Crippen LogP contribution is 2.28. The lowest BCUT2D eigenvalue weighted by molar-refractivity contribution is 0.175. The van der Waals surface area contributed by atoms with Crippen molar-refractivity contribution in [3.63, 3.8) is 0 Å². The van der Waals surface area contributed by atoms with Gasteiger partial charge in [0, 0.05) is 11.8 Å². The Morgan fingerprint density at radius 3 is 3.00 bits per heavy atom. The molecule has 3 nitrogen and oxygen atoms in total. The van der Waals surface area contributed by atoms with Crippen molar-refractivity contribution in [3.05, 3.63) is 35.7 Å². The van der Waals surface area contributed by atoms with Crippen LogP contribution in [-0.2, 0) is 0 Å². The standard InChI is InChI=1S/C16H23NO2/c1-2-8-19-15-10-14(11-17-12-15)16(18)9-13-6-4-3-5-7-13/h6,10-12,16,18H,2-5,7-9H2,1H3. The summed E-state index contributed by atoms with van der Waals surface area (Å²) in [7, 11) is 0. The number of aliphatic hydroxyl groups excluding tert-OH is 1. The molecule has 1 aromatic rings. The lowest BCUT2D eigenvalue weighted by Crippen LogP contribution is -2.03. The monoisotopic (exact) mass is 261 g/mol. The smallest absolute Gasteiger partial charge is 0.137 e. The van der Waals surface area contributed by atoms with Crippen molar-refractivity contribution in [2.24, 2.45) is 0 Å². The maximum absolute atomic E-state index is 10.3. The average Bonchev–Trinajstić information content (AvgIpc) is 2.46. The minimum absolute atomic E-state index is 0.470. The summed E-state index contributed by atoms with van der Waals surface area (Å²) in [6.45, 7) is 2.76. The SMILES string of the molecule is CCCOc1cncc(C(O)CC2=CCCCC2)c1. The zero-order valence-corrected chi connectivity index (χ0v) is 11.6. The molecular formula is C16H23NO2. The Morgan fingerprint density at radius 1 is 1.37 bits per heavy atom. The predicted molar refractivity (Wildman–Crippen MR) is 76.2 cm³/mol. The average molecular weight is 261 g/mol. The molecule has 0 saturated heterocycles. The van der Waals surface area contributed by atoms with Crippen LogP contribution in [-0.4, -0.2) is 16.7 Å². The van der Waals surface area contributed by atoms with Crippen LogP contribution < -0.4 is 4.74 Å². The van der Waals surface area contributed by atoms with Gasteiger partial charge in [-0.2, -0.15) is 0 Å². The number of aromatic nitrogens is 1. The van der Waals surface area contributed by atoms with Crippen molar-refractivity contribution in [1.29, 1.82) is 0 Å². The molecule has 1 aliphatic rings. The van der Waals surface area contributed by atoms with Crippen LogP contribution in [0.1, 0.15) is 57.1 Å². The van der Waals surface area contributed by atoms with E-state index in [2.05, 4.69) is 18.0 Å². The summed E-state index contributed by atoms with van der Waals surface area (Å²) >= 11 is 0. The van der Waals surface area contributed by atoms with Crippen LogP contribution in [0.2, 0.25) is 0 Å². The maximum Gasteiger partial charge on any atom is 0.137 e. The topological polar surface area (TPSA) is 42.4 Å². The van der Waals surface area contributed by atoms with E-state index in [9.17, 15) is 5.11 Å². The normalized spacial score (nSPS) is 16.8. The van der Waals surface area contributed by atoms with Crippen LogP contribution in [0.4, 0.5) is 0 Å². The fourth-order valence-electron chi connectivity index (χ4n) is 2.37. The van der Waals surface area contributed by atoms with Crippen LogP contribution in [0.5, 0.6) is 5.75 Å². The molecule has 1 aromatic heterocycles. The third-order valence-electron chi connectivity index (χ3n) is 3.43. The first-order valence-corrected chi connectivity index (χ1v) is 7.23. The summed E-state index contributed by atoms with van der Waals surface area (Å²) < 4.78 is 5.55. The summed E-state index contributed by atoms with van der Waals surface area (Å²) in [5.41, 5.74) is 2.22. The van der Waals surface area contributed by atoms with Crippen molar-refractivity contribution < 1.29 is 9.84 Å². The van der Waals surface area contributed by atoms with E-state index >= 15 is 0 Å². The van der Waals surface area contributed by atoms with Gasteiger partial charge in [0.05, 0.1) is 18.9 Å². The van der Waals surface area contributed by atoms with Crippen molar-refractivity contribution in [2.45, 2.75) is 51.6 Å². The first-order chi connectivity index (χ1) is 9.29. The molecule has 19 heavy (non-hydrogen) atoms. The summed E-state index contributed by atoms with van der Waals surface area (Å²) in [6, 6.07) is 1.90. The molecule has 1 unspecified atom stereocenters. The number of hydrogen-bond donors (Lipinski definition) is 1. The molecule has 3 heteroatoms. The number of nitrogens with zero attached hydrogens (tertiary/aromatic N) is 1. The van der Waals surface area contributed by atoms with Crippen LogP contribution in [0.15, 0.2) is 30.1 Å². The van der Waals surface area contributed by atoms with Gasteiger partial charge in [-0.05, 0) is 44.6 Å². The molecule has 104 valence electrons. The zero-order valence-electron chi connectivity index (χ0n) is 11.6. The first kappa shape index (κ1) is 14.1. The van der Waals surface area contributed by atoms with E-state index in [1.54, 1.807) is 12.4 Å². The Bertz CT molecular complexity index is 429. The lowest BCUT2D eigenvalue weighted by Gasteiger charge is -2.17. The minimum atomic E-state index is -0.470. The molecular weight excluding hydrogens is 238 g/mol. The van der Waals surface area contributed by atoms with Crippen LogP contribution >= 0.6 is 0 Å². The second kappa shape index (κ2) is 7.29. The third kappa shape index (κ3) is 4.35. The number of ether oxygens (including phenoxy) is 1. The van der Waals surface area contributed by atoms with Gasteiger partial charge in [-0.1, -0.05) is 18.6 Å². The maximum atomic E-state index is 10.3. The number of rotatable bonds is 6. The fourth-order valence-corrected chi connectivity index (χ4v) is 2.37. The quantitative estimate of drug-likeness (QED) is 0.792. The Labute approximate surface area is 115 Å². The van der Waals surface area contributed by atoms with Gasteiger partial charge in [0.25, 0.3) is 0 Å². The van der Waals surface area contributed by atoms with Gasteiger partial charge >= 0.3 is 0 Å². The second-order valence-corrected chi connectivity index (χ2v) is 5.13. The van der Waals surface area contributed by atoms with Gasteiger partial charge in [-0.3, -0.25) is 4.98 Å². The number of hydrogen-bond acceptors (Lipinski definition) is 3. The Hall–Kier alpha value is -1.35. The molecule has 1 heterocycles.